The van der Waals surface area contributed by atoms with E-state index in [1.807, 2.05) is 51.1 Å². The maximum atomic E-state index is 12.8. The zero-order valence-corrected chi connectivity index (χ0v) is 18.2. The Balaban J connectivity index is 1.87. The van der Waals surface area contributed by atoms with Crippen molar-refractivity contribution < 1.29 is 19.1 Å². The normalized spacial score (nSPS) is 15.0. The first kappa shape index (κ1) is 20.9. The minimum Gasteiger partial charge on any atom is -0.490 e. The van der Waals surface area contributed by atoms with Crippen molar-refractivity contribution in [2.75, 3.05) is 13.2 Å². The summed E-state index contributed by atoms with van der Waals surface area (Å²) < 4.78 is 12.0. The number of imide groups is 1. The van der Waals surface area contributed by atoms with Crippen molar-refractivity contribution >= 4 is 33.9 Å². The van der Waals surface area contributed by atoms with Crippen molar-refractivity contribution in [2.45, 2.75) is 27.3 Å². The van der Waals surface area contributed by atoms with E-state index in [1.54, 1.807) is 12.1 Å². The van der Waals surface area contributed by atoms with Crippen LogP contribution < -0.4 is 14.8 Å². The number of rotatable bonds is 7. The summed E-state index contributed by atoms with van der Waals surface area (Å²) in [5, 5.41) is 2.66. The second-order valence-corrected chi connectivity index (χ2v) is 7.42. The zero-order valence-electron chi connectivity index (χ0n) is 16.6. The molecule has 1 N–H and O–H groups in total. The molecule has 7 heteroatoms. The SMILES string of the molecule is CCOc1cc(/C=C2/NC(=O)N(Cc3cccc(C)c3)C2=O)cc(Br)c1OCC. The standard InChI is InChI=1S/C22H23BrN2O4/c1-4-28-19-12-16(10-17(23)20(19)29-5-2)11-18-21(26)25(22(27)24-18)13-15-8-6-7-14(3)9-15/h6-12H,4-5,13H2,1-3H3,(H,24,27)/b18-11+. The zero-order chi connectivity index (χ0) is 21.0. The van der Waals surface area contributed by atoms with Gasteiger partial charge in [-0.25, -0.2) is 4.79 Å². The van der Waals surface area contributed by atoms with E-state index in [0.29, 0.717) is 34.7 Å². The second kappa shape index (κ2) is 9.13. The molecule has 0 spiro atoms. The summed E-state index contributed by atoms with van der Waals surface area (Å²) in [6.45, 7) is 6.96. The topological polar surface area (TPSA) is 67.9 Å². The van der Waals surface area contributed by atoms with Gasteiger partial charge in [0.1, 0.15) is 5.70 Å². The number of aryl methyl sites for hydroxylation is 1. The molecular weight excluding hydrogens is 436 g/mol. The van der Waals surface area contributed by atoms with E-state index in [2.05, 4.69) is 21.2 Å². The van der Waals surface area contributed by atoms with Gasteiger partial charge in [-0.3, -0.25) is 9.69 Å². The fraction of sp³-hybridized carbons (Fsp3) is 0.273. The van der Waals surface area contributed by atoms with Gasteiger partial charge in [0.05, 0.1) is 24.2 Å². The van der Waals surface area contributed by atoms with E-state index in [9.17, 15) is 9.59 Å². The van der Waals surface area contributed by atoms with Crippen LogP contribution >= 0.6 is 15.9 Å². The van der Waals surface area contributed by atoms with E-state index >= 15 is 0 Å². The highest BCUT2D eigenvalue weighted by atomic mass is 79.9. The molecule has 1 heterocycles. The summed E-state index contributed by atoms with van der Waals surface area (Å²) in [5.74, 6) is 0.822. The first-order valence-corrected chi connectivity index (χ1v) is 10.2. The quantitative estimate of drug-likeness (QED) is 0.484. The minimum absolute atomic E-state index is 0.223. The number of carbonyl (C=O) groups is 2. The van der Waals surface area contributed by atoms with Crippen molar-refractivity contribution in [3.63, 3.8) is 0 Å². The third kappa shape index (κ3) is 4.79. The third-order valence-electron chi connectivity index (χ3n) is 4.32. The lowest BCUT2D eigenvalue weighted by atomic mass is 10.1. The number of halogens is 1. The van der Waals surface area contributed by atoms with E-state index in [4.69, 9.17) is 9.47 Å². The molecule has 0 bridgehead atoms. The lowest BCUT2D eigenvalue weighted by Crippen LogP contribution is -2.30. The average Bonchev–Trinajstić information content (AvgIpc) is 2.92. The number of urea groups is 1. The van der Waals surface area contributed by atoms with Crippen LogP contribution in [0.1, 0.15) is 30.5 Å². The van der Waals surface area contributed by atoms with Gasteiger partial charge in [0.2, 0.25) is 0 Å². The van der Waals surface area contributed by atoms with Crippen LogP contribution in [0.2, 0.25) is 0 Å². The first-order valence-electron chi connectivity index (χ1n) is 9.42. The molecule has 0 aromatic heterocycles. The van der Waals surface area contributed by atoms with Crippen molar-refractivity contribution in [1.29, 1.82) is 0 Å². The van der Waals surface area contributed by atoms with Crippen molar-refractivity contribution in [1.82, 2.24) is 10.2 Å². The second-order valence-electron chi connectivity index (χ2n) is 6.56. The molecule has 0 saturated carbocycles. The van der Waals surface area contributed by atoms with Crippen LogP contribution in [0.4, 0.5) is 4.79 Å². The number of carbonyl (C=O) groups excluding carboxylic acids is 2. The lowest BCUT2D eigenvalue weighted by Gasteiger charge is -2.14. The number of hydrogen-bond acceptors (Lipinski definition) is 4. The molecule has 152 valence electrons. The monoisotopic (exact) mass is 458 g/mol. The smallest absolute Gasteiger partial charge is 0.329 e. The Morgan fingerprint density at radius 2 is 1.86 bits per heavy atom. The molecule has 2 aromatic rings. The number of nitrogens with zero attached hydrogens (tertiary/aromatic N) is 1. The van der Waals surface area contributed by atoms with Gasteiger partial charge < -0.3 is 14.8 Å². The summed E-state index contributed by atoms with van der Waals surface area (Å²) >= 11 is 3.49. The van der Waals surface area contributed by atoms with Crippen molar-refractivity contribution in [2.24, 2.45) is 0 Å². The average molecular weight is 459 g/mol. The molecule has 0 unspecified atom stereocenters. The number of nitrogens with one attached hydrogen (secondary N) is 1. The summed E-state index contributed by atoms with van der Waals surface area (Å²) in [6.07, 6.45) is 1.64. The summed E-state index contributed by atoms with van der Waals surface area (Å²) in [6, 6.07) is 10.9. The fourth-order valence-corrected chi connectivity index (χ4v) is 3.67. The van der Waals surface area contributed by atoms with Gasteiger partial charge in [-0.2, -0.15) is 0 Å². The Bertz CT molecular complexity index is 971. The molecule has 3 amide bonds. The van der Waals surface area contributed by atoms with E-state index in [1.165, 1.54) is 4.90 Å². The molecule has 1 saturated heterocycles. The summed E-state index contributed by atoms with van der Waals surface area (Å²) in [5.41, 5.74) is 2.91. The maximum Gasteiger partial charge on any atom is 0.329 e. The molecule has 0 atom stereocenters. The Kier molecular flexibility index (Phi) is 6.59. The number of amides is 3. The molecule has 0 aliphatic carbocycles. The first-order chi connectivity index (χ1) is 13.9. The molecule has 1 aliphatic rings. The number of benzene rings is 2. The van der Waals surface area contributed by atoms with Gasteiger partial charge in [-0.15, -0.1) is 0 Å². The van der Waals surface area contributed by atoms with Gasteiger partial charge in [-0.05, 0) is 66.0 Å². The predicted molar refractivity (Wildman–Crippen MR) is 115 cm³/mol. The van der Waals surface area contributed by atoms with Crippen LogP contribution in [0.5, 0.6) is 11.5 Å². The summed E-state index contributed by atoms with van der Waals surface area (Å²) in [4.78, 5) is 26.3. The lowest BCUT2D eigenvalue weighted by molar-refractivity contribution is -0.123. The Morgan fingerprint density at radius 1 is 1.10 bits per heavy atom. The molecule has 3 rings (SSSR count). The maximum absolute atomic E-state index is 12.8. The molecular formula is C22H23BrN2O4. The number of hydrogen-bond donors (Lipinski definition) is 1. The van der Waals surface area contributed by atoms with Crippen LogP contribution in [0.15, 0.2) is 46.6 Å². The Morgan fingerprint density at radius 3 is 2.55 bits per heavy atom. The largest absolute Gasteiger partial charge is 0.490 e. The van der Waals surface area contributed by atoms with Gasteiger partial charge >= 0.3 is 6.03 Å². The fourth-order valence-electron chi connectivity index (χ4n) is 3.09. The van der Waals surface area contributed by atoms with Gasteiger partial charge in [0.25, 0.3) is 5.91 Å². The highest BCUT2D eigenvalue weighted by molar-refractivity contribution is 9.10. The molecule has 1 aliphatic heterocycles. The molecule has 0 radical (unpaired) electrons. The van der Waals surface area contributed by atoms with E-state index < -0.39 is 6.03 Å². The van der Waals surface area contributed by atoms with E-state index in [0.717, 1.165) is 11.1 Å². The molecule has 29 heavy (non-hydrogen) atoms. The minimum atomic E-state index is -0.433. The highest BCUT2D eigenvalue weighted by Crippen LogP contribution is 2.37. The van der Waals surface area contributed by atoms with Crippen molar-refractivity contribution in [3.8, 4) is 11.5 Å². The van der Waals surface area contributed by atoms with Gasteiger partial charge in [0.15, 0.2) is 11.5 Å². The Labute approximate surface area is 178 Å². The molecule has 2 aromatic carbocycles. The molecule has 6 nitrogen and oxygen atoms in total. The van der Waals surface area contributed by atoms with Crippen LogP contribution in [0.3, 0.4) is 0 Å². The van der Waals surface area contributed by atoms with Crippen LogP contribution in [0, 0.1) is 6.92 Å². The van der Waals surface area contributed by atoms with Crippen molar-refractivity contribution in [3.05, 3.63) is 63.3 Å². The predicted octanol–water partition coefficient (Wildman–Crippen LogP) is 4.65. The third-order valence-corrected chi connectivity index (χ3v) is 4.91. The number of ether oxygens (including phenoxy) is 2. The molecule has 1 fully saturated rings. The van der Waals surface area contributed by atoms with Crippen LogP contribution in [-0.4, -0.2) is 30.1 Å². The summed E-state index contributed by atoms with van der Waals surface area (Å²) in [7, 11) is 0. The van der Waals surface area contributed by atoms with Crippen LogP contribution in [-0.2, 0) is 11.3 Å². The van der Waals surface area contributed by atoms with E-state index in [-0.39, 0.29) is 18.1 Å². The van der Waals surface area contributed by atoms with Gasteiger partial charge in [0, 0.05) is 0 Å². The highest BCUT2D eigenvalue weighted by Gasteiger charge is 2.33. The van der Waals surface area contributed by atoms with Gasteiger partial charge in [-0.1, -0.05) is 29.8 Å². The Hall–Kier alpha value is -2.80. The van der Waals surface area contributed by atoms with Crippen LogP contribution in [0.25, 0.3) is 6.08 Å².